The minimum absolute atomic E-state index is 0.0654. The van der Waals surface area contributed by atoms with E-state index in [0.717, 1.165) is 39.4 Å². The van der Waals surface area contributed by atoms with E-state index in [2.05, 4.69) is 23.8 Å². The highest BCUT2D eigenvalue weighted by Gasteiger charge is 2.24. The van der Waals surface area contributed by atoms with Crippen LogP contribution in [0.4, 0.5) is 8.78 Å². The van der Waals surface area contributed by atoms with Gasteiger partial charge in [0, 0.05) is 40.1 Å². The SMILES string of the molecule is CCCCCCCCCC(C)CC(c1c[nH]c2ccc(F)cc12)c1c[nH]c2ccc(F)cc12. The van der Waals surface area contributed by atoms with E-state index in [1.807, 2.05) is 12.4 Å². The van der Waals surface area contributed by atoms with E-state index in [9.17, 15) is 8.78 Å². The molecule has 176 valence electrons. The van der Waals surface area contributed by atoms with Crippen molar-refractivity contribution in [1.29, 1.82) is 0 Å². The Morgan fingerprint density at radius 3 is 1.79 bits per heavy atom. The number of aromatic amines is 2. The molecule has 4 heteroatoms. The number of H-pyrrole nitrogens is 2. The fourth-order valence-corrected chi connectivity index (χ4v) is 5.20. The second-order valence-electron chi connectivity index (χ2n) is 9.67. The van der Waals surface area contributed by atoms with Gasteiger partial charge in [-0.3, -0.25) is 0 Å². The van der Waals surface area contributed by atoms with Crippen LogP contribution >= 0.6 is 0 Å². The number of benzene rings is 2. The molecule has 0 radical (unpaired) electrons. The molecule has 1 atom stereocenters. The van der Waals surface area contributed by atoms with Crippen molar-refractivity contribution < 1.29 is 8.78 Å². The van der Waals surface area contributed by atoms with Crippen molar-refractivity contribution in [2.24, 2.45) is 5.92 Å². The van der Waals surface area contributed by atoms with Gasteiger partial charge < -0.3 is 9.97 Å². The Labute approximate surface area is 195 Å². The molecule has 0 fully saturated rings. The number of unbranched alkanes of at least 4 members (excludes halogenated alkanes) is 6. The Balaban J connectivity index is 1.56. The molecule has 0 saturated carbocycles. The molecule has 1 unspecified atom stereocenters. The van der Waals surface area contributed by atoms with Crippen LogP contribution in [0.25, 0.3) is 21.8 Å². The zero-order valence-corrected chi connectivity index (χ0v) is 19.9. The minimum atomic E-state index is -0.233. The third kappa shape index (κ3) is 5.66. The van der Waals surface area contributed by atoms with Gasteiger partial charge in [-0.25, -0.2) is 8.78 Å². The quantitative estimate of drug-likeness (QED) is 0.202. The third-order valence-electron chi connectivity index (χ3n) is 7.04. The number of hydrogen-bond acceptors (Lipinski definition) is 0. The lowest BCUT2D eigenvalue weighted by atomic mass is 9.82. The maximum Gasteiger partial charge on any atom is 0.123 e. The highest BCUT2D eigenvalue weighted by Crippen LogP contribution is 2.40. The first-order valence-electron chi connectivity index (χ1n) is 12.6. The topological polar surface area (TPSA) is 31.6 Å². The molecule has 0 aliphatic heterocycles. The van der Waals surface area contributed by atoms with Gasteiger partial charge in [-0.05, 0) is 59.9 Å². The van der Waals surface area contributed by atoms with Crippen molar-refractivity contribution >= 4 is 21.8 Å². The van der Waals surface area contributed by atoms with Gasteiger partial charge in [0.15, 0.2) is 0 Å². The molecule has 4 rings (SSSR count). The average Bonchev–Trinajstić information content (AvgIpc) is 3.40. The lowest BCUT2D eigenvalue weighted by molar-refractivity contribution is 0.437. The largest absolute Gasteiger partial charge is 0.361 e. The standard InChI is InChI=1S/C29H36F2N2/c1-3-4-5-6-7-8-9-10-20(2)15-23(26-18-32-28-13-11-21(30)16-24(26)28)27-19-33-29-14-12-22(31)17-25(27)29/h11-14,16-20,23,32-33H,3-10,15H2,1-2H3. The zero-order valence-electron chi connectivity index (χ0n) is 19.9. The summed E-state index contributed by atoms with van der Waals surface area (Å²) in [5.41, 5.74) is 4.03. The fourth-order valence-electron chi connectivity index (χ4n) is 5.20. The molecule has 0 aliphatic carbocycles. The van der Waals surface area contributed by atoms with Crippen LogP contribution in [0.2, 0.25) is 0 Å². The summed E-state index contributed by atoms with van der Waals surface area (Å²) in [5, 5.41) is 1.82. The van der Waals surface area contributed by atoms with Gasteiger partial charge in [0.2, 0.25) is 0 Å². The fraction of sp³-hybridized carbons (Fsp3) is 0.448. The van der Waals surface area contributed by atoms with E-state index in [-0.39, 0.29) is 17.6 Å². The van der Waals surface area contributed by atoms with E-state index in [1.165, 1.54) is 63.5 Å². The van der Waals surface area contributed by atoms with Crippen LogP contribution in [0.15, 0.2) is 48.8 Å². The first-order valence-corrected chi connectivity index (χ1v) is 12.6. The predicted molar refractivity (Wildman–Crippen MR) is 135 cm³/mol. The smallest absolute Gasteiger partial charge is 0.123 e. The van der Waals surface area contributed by atoms with Gasteiger partial charge in [-0.15, -0.1) is 0 Å². The summed E-state index contributed by atoms with van der Waals surface area (Å²) in [7, 11) is 0. The molecular weight excluding hydrogens is 414 g/mol. The molecule has 0 amide bonds. The van der Waals surface area contributed by atoms with Gasteiger partial charge in [0.25, 0.3) is 0 Å². The van der Waals surface area contributed by atoms with E-state index in [4.69, 9.17) is 0 Å². The van der Waals surface area contributed by atoms with Crippen LogP contribution in [0.1, 0.15) is 88.7 Å². The van der Waals surface area contributed by atoms with Gasteiger partial charge in [-0.2, -0.15) is 0 Å². The van der Waals surface area contributed by atoms with Crippen LogP contribution in [-0.2, 0) is 0 Å². The first kappa shape index (κ1) is 23.5. The number of aromatic nitrogens is 2. The van der Waals surface area contributed by atoms with Crippen molar-refractivity contribution in [3.05, 3.63) is 71.6 Å². The molecule has 2 aromatic heterocycles. The number of hydrogen-bond donors (Lipinski definition) is 2. The van der Waals surface area contributed by atoms with Crippen molar-refractivity contribution in [2.75, 3.05) is 0 Å². The van der Waals surface area contributed by atoms with Crippen molar-refractivity contribution in [3.8, 4) is 0 Å². The van der Waals surface area contributed by atoms with E-state index >= 15 is 0 Å². The molecule has 0 aliphatic rings. The van der Waals surface area contributed by atoms with Crippen LogP contribution < -0.4 is 0 Å². The minimum Gasteiger partial charge on any atom is -0.361 e. The maximum atomic E-state index is 14.1. The van der Waals surface area contributed by atoms with Crippen molar-refractivity contribution in [1.82, 2.24) is 9.97 Å². The lowest BCUT2D eigenvalue weighted by Gasteiger charge is -2.21. The van der Waals surface area contributed by atoms with Crippen LogP contribution in [-0.4, -0.2) is 9.97 Å². The Hall–Kier alpha value is -2.62. The molecule has 4 aromatic rings. The summed E-state index contributed by atoms with van der Waals surface area (Å²) in [6.07, 6.45) is 15.3. The highest BCUT2D eigenvalue weighted by molar-refractivity contribution is 5.88. The highest BCUT2D eigenvalue weighted by atomic mass is 19.1. The molecule has 0 bridgehead atoms. The number of halogens is 2. The van der Waals surface area contributed by atoms with Crippen molar-refractivity contribution in [2.45, 2.75) is 77.6 Å². The molecule has 2 heterocycles. The third-order valence-corrected chi connectivity index (χ3v) is 7.04. The molecule has 2 N–H and O–H groups in total. The number of fused-ring (bicyclic) bond motifs is 2. The van der Waals surface area contributed by atoms with Gasteiger partial charge in [0.05, 0.1) is 0 Å². The Kier molecular flexibility index (Phi) is 7.85. The van der Waals surface area contributed by atoms with Gasteiger partial charge in [-0.1, -0.05) is 65.2 Å². The second-order valence-corrected chi connectivity index (χ2v) is 9.67. The lowest BCUT2D eigenvalue weighted by Crippen LogP contribution is -2.07. The Morgan fingerprint density at radius 2 is 1.24 bits per heavy atom. The summed E-state index contributed by atoms with van der Waals surface area (Å²) in [5.74, 6) is 0.115. The first-order chi connectivity index (χ1) is 16.1. The molecule has 33 heavy (non-hydrogen) atoms. The predicted octanol–water partition coefficient (Wildman–Crippen LogP) is 9.23. The average molecular weight is 451 g/mol. The zero-order chi connectivity index (χ0) is 23.2. The van der Waals surface area contributed by atoms with Crippen molar-refractivity contribution in [3.63, 3.8) is 0 Å². The molecule has 0 saturated heterocycles. The maximum absolute atomic E-state index is 14.1. The summed E-state index contributed by atoms with van der Waals surface area (Å²) in [6, 6.07) is 9.79. The second kappa shape index (κ2) is 11.0. The molecule has 2 aromatic carbocycles. The summed E-state index contributed by atoms with van der Waals surface area (Å²) in [4.78, 5) is 6.63. The Bertz CT molecular complexity index is 1090. The van der Waals surface area contributed by atoms with E-state index < -0.39 is 0 Å². The summed E-state index contributed by atoms with van der Waals surface area (Å²) < 4.78 is 28.2. The van der Waals surface area contributed by atoms with E-state index in [0.29, 0.717) is 5.92 Å². The van der Waals surface area contributed by atoms with E-state index in [1.54, 1.807) is 24.3 Å². The van der Waals surface area contributed by atoms with Gasteiger partial charge in [0.1, 0.15) is 11.6 Å². The molecule has 2 nitrogen and oxygen atoms in total. The van der Waals surface area contributed by atoms with Crippen LogP contribution in [0.5, 0.6) is 0 Å². The van der Waals surface area contributed by atoms with Crippen LogP contribution in [0, 0.1) is 17.6 Å². The van der Waals surface area contributed by atoms with Gasteiger partial charge >= 0.3 is 0 Å². The number of rotatable bonds is 12. The normalized spacial score (nSPS) is 12.9. The number of nitrogens with one attached hydrogen (secondary N) is 2. The molecular formula is C29H36F2N2. The monoisotopic (exact) mass is 450 g/mol. The summed E-state index contributed by atoms with van der Waals surface area (Å²) >= 11 is 0. The Morgan fingerprint density at radius 1 is 0.727 bits per heavy atom. The summed E-state index contributed by atoms with van der Waals surface area (Å²) in [6.45, 7) is 4.57. The van der Waals surface area contributed by atoms with Crippen LogP contribution in [0.3, 0.4) is 0 Å². The molecule has 0 spiro atoms.